The first kappa shape index (κ1) is 32.0. The second-order valence-corrected chi connectivity index (χ2v) is 10.3. The van der Waals surface area contributed by atoms with Gasteiger partial charge in [0, 0.05) is 43.3 Å². The minimum atomic E-state index is -0.410. The molecule has 1 aromatic heterocycles. The Morgan fingerprint density at radius 2 is 1.52 bits per heavy atom. The van der Waals surface area contributed by atoms with Gasteiger partial charge in [-0.2, -0.15) is 4.98 Å². The lowest BCUT2D eigenvalue weighted by molar-refractivity contribution is 0.0779. The van der Waals surface area contributed by atoms with Crippen LogP contribution in [0.1, 0.15) is 45.7 Å². The molecule has 0 saturated carbocycles. The van der Waals surface area contributed by atoms with Gasteiger partial charge in [-0.25, -0.2) is 4.98 Å². The number of anilines is 3. The van der Waals surface area contributed by atoms with Crippen molar-refractivity contribution in [3.8, 4) is 17.4 Å². The molecule has 4 aromatic rings. The highest BCUT2D eigenvalue weighted by molar-refractivity contribution is 6.06. The van der Waals surface area contributed by atoms with Crippen LogP contribution in [-0.4, -0.2) is 71.9 Å². The first-order chi connectivity index (χ1) is 21.2. The summed E-state index contributed by atoms with van der Waals surface area (Å²) in [5.74, 6) is 0.697. The van der Waals surface area contributed by atoms with Gasteiger partial charge in [-0.1, -0.05) is 44.2 Å². The molecule has 0 aliphatic heterocycles. The molecule has 10 nitrogen and oxygen atoms in total. The monoisotopic (exact) mass is 596 g/mol. The van der Waals surface area contributed by atoms with Gasteiger partial charge in [0.15, 0.2) is 11.5 Å². The van der Waals surface area contributed by atoms with Gasteiger partial charge in [0.1, 0.15) is 5.56 Å². The van der Waals surface area contributed by atoms with Crippen molar-refractivity contribution < 1.29 is 19.1 Å². The lowest BCUT2D eigenvalue weighted by Gasteiger charge is -2.23. The average Bonchev–Trinajstić information content (AvgIpc) is 3.03. The second kappa shape index (κ2) is 15.0. The molecule has 2 N–H and O–H groups in total. The van der Waals surface area contributed by atoms with Crippen LogP contribution in [0.5, 0.6) is 17.4 Å². The smallest absolute Gasteiger partial charge is 0.262 e. The molecule has 0 fully saturated rings. The maximum Gasteiger partial charge on any atom is 0.262 e. The molecular weight excluding hydrogens is 556 g/mol. The number of amides is 2. The molecule has 0 unspecified atom stereocenters. The topological polar surface area (TPSA) is 109 Å². The molecule has 3 aromatic carbocycles. The molecule has 230 valence electrons. The Morgan fingerprint density at radius 1 is 0.864 bits per heavy atom. The van der Waals surface area contributed by atoms with E-state index in [0.29, 0.717) is 29.3 Å². The van der Waals surface area contributed by atoms with Gasteiger partial charge in [0.2, 0.25) is 11.8 Å². The Kier molecular flexibility index (Phi) is 10.9. The van der Waals surface area contributed by atoms with Crippen LogP contribution in [0, 0.1) is 13.8 Å². The van der Waals surface area contributed by atoms with Gasteiger partial charge in [0.05, 0.1) is 7.11 Å². The van der Waals surface area contributed by atoms with Gasteiger partial charge in [0.25, 0.3) is 11.8 Å². The molecule has 0 saturated heterocycles. The Hall–Kier alpha value is -4.96. The third-order valence-corrected chi connectivity index (χ3v) is 7.37. The van der Waals surface area contributed by atoms with E-state index in [2.05, 4.69) is 39.3 Å². The van der Waals surface area contributed by atoms with E-state index < -0.39 is 5.91 Å². The van der Waals surface area contributed by atoms with E-state index >= 15 is 0 Å². The summed E-state index contributed by atoms with van der Waals surface area (Å²) in [4.78, 5) is 39.4. The molecule has 44 heavy (non-hydrogen) atoms. The first-order valence-corrected chi connectivity index (χ1v) is 14.6. The zero-order chi connectivity index (χ0) is 31.6. The fraction of sp³-hybridized carbons (Fsp3) is 0.294. The molecule has 0 aliphatic rings. The summed E-state index contributed by atoms with van der Waals surface area (Å²) in [5, 5.41) is 6.12. The second-order valence-electron chi connectivity index (χ2n) is 10.3. The maximum atomic E-state index is 13.5. The van der Waals surface area contributed by atoms with Gasteiger partial charge in [-0.15, -0.1) is 0 Å². The molecule has 0 aliphatic carbocycles. The van der Waals surface area contributed by atoms with Crippen molar-refractivity contribution in [2.24, 2.45) is 0 Å². The van der Waals surface area contributed by atoms with E-state index in [1.165, 1.54) is 6.20 Å². The number of nitrogens with zero attached hydrogens (tertiary/aromatic N) is 4. The highest BCUT2D eigenvalue weighted by Gasteiger charge is 2.20. The van der Waals surface area contributed by atoms with E-state index in [9.17, 15) is 9.59 Å². The molecule has 0 atom stereocenters. The molecule has 1 heterocycles. The van der Waals surface area contributed by atoms with E-state index in [-0.39, 0.29) is 23.3 Å². The fourth-order valence-electron chi connectivity index (χ4n) is 4.64. The molecule has 4 rings (SSSR count). The molecule has 0 bridgehead atoms. The predicted octanol–water partition coefficient (Wildman–Crippen LogP) is 6.30. The van der Waals surface area contributed by atoms with Gasteiger partial charge < -0.3 is 29.9 Å². The Morgan fingerprint density at radius 3 is 2.16 bits per heavy atom. The van der Waals surface area contributed by atoms with Crippen LogP contribution in [0.15, 0.2) is 72.9 Å². The number of likely N-dealkylation sites (N-methyl/N-ethyl adjacent to an activating group) is 2. The van der Waals surface area contributed by atoms with Crippen LogP contribution in [0.3, 0.4) is 0 Å². The SMILES string of the molecule is CCN(CC)CCN(C)C(=O)c1ccc(Nc2ncc(C(=O)Nc3c(C)cccc3C)c(Oc3ccccc3OC)n2)cc1. The summed E-state index contributed by atoms with van der Waals surface area (Å²) < 4.78 is 11.6. The van der Waals surface area contributed by atoms with Crippen LogP contribution in [0.25, 0.3) is 0 Å². The number of aromatic nitrogens is 2. The number of para-hydroxylation sites is 3. The highest BCUT2D eigenvalue weighted by atomic mass is 16.5. The van der Waals surface area contributed by atoms with Gasteiger partial charge >= 0.3 is 0 Å². The quantitative estimate of drug-likeness (QED) is 0.185. The van der Waals surface area contributed by atoms with Crippen molar-refractivity contribution in [2.45, 2.75) is 27.7 Å². The summed E-state index contributed by atoms with van der Waals surface area (Å²) >= 11 is 0. The summed E-state index contributed by atoms with van der Waals surface area (Å²) in [7, 11) is 3.36. The molecule has 10 heteroatoms. The lowest BCUT2D eigenvalue weighted by Crippen LogP contribution is -2.36. The third-order valence-electron chi connectivity index (χ3n) is 7.37. The van der Waals surface area contributed by atoms with E-state index in [4.69, 9.17) is 9.47 Å². The zero-order valence-electron chi connectivity index (χ0n) is 26.2. The number of methoxy groups -OCH3 is 1. The zero-order valence-corrected chi connectivity index (χ0v) is 26.2. The Bertz CT molecular complexity index is 1570. The minimum Gasteiger partial charge on any atom is -0.493 e. The highest BCUT2D eigenvalue weighted by Crippen LogP contribution is 2.33. The van der Waals surface area contributed by atoms with Crippen molar-refractivity contribution in [3.05, 3.63) is 95.2 Å². The number of aryl methyl sites for hydroxylation is 2. The number of rotatable bonds is 13. The maximum absolute atomic E-state index is 13.5. The number of ether oxygens (including phenoxy) is 2. The van der Waals surface area contributed by atoms with Crippen molar-refractivity contribution in [1.29, 1.82) is 0 Å². The number of nitrogens with one attached hydrogen (secondary N) is 2. The minimum absolute atomic E-state index is 0.0493. The summed E-state index contributed by atoms with van der Waals surface area (Å²) in [6.07, 6.45) is 1.42. The largest absolute Gasteiger partial charge is 0.493 e. The molecular formula is C34H40N6O4. The Labute approximate surface area is 259 Å². The fourth-order valence-corrected chi connectivity index (χ4v) is 4.64. The van der Waals surface area contributed by atoms with Crippen molar-refractivity contribution in [2.75, 3.05) is 51.0 Å². The van der Waals surface area contributed by atoms with Crippen molar-refractivity contribution in [1.82, 2.24) is 19.8 Å². The summed E-state index contributed by atoms with van der Waals surface area (Å²) in [5.41, 5.74) is 3.98. The van der Waals surface area contributed by atoms with E-state index in [1.54, 1.807) is 54.5 Å². The predicted molar refractivity (Wildman–Crippen MR) is 173 cm³/mol. The molecule has 0 radical (unpaired) electrons. The van der Waals surface area contributed by atoms with Crippen LogP contribution >= 0.6 is 0 Å². The van der Waals surface area contributed by atoms with Crippen LogP contribution in [-0.2, 0) is 0 Å². The van der Waals surface area contributed by atoms with Crippen LogP contribution in [0.4, 0.5) is 17.3 Å². The molecule has 0 spiro atoms. The lowest BCUT2D eigenvalue weighted by atomic mass is 10.1. The standard InChI is InChI=1S/C34H40N6O4/c1-7-40(8-2)21-20-39(5)33(42)25-16-18-26(19-17-25)36-34-35-22-27(31(41)37-30-23(3)12-11-13-24(30)4)32(38-34)44-29-15-10-9-14-28(29)43-6/h9-19,22H,7-8,20-21H2,1-6H3,(H,37,41)(H,35,36,38). The Balaban J connectivity index is 1.56. The summed E-state index contributed by atoms with van der Waals surface area (Å²) in [6.45, 7) is 11.5. The average molecular weight is 597 g/mol. The third kappa shape index (κ3) is 7.90. The van der Waals surface area contributed by atoms with Crippen LogP contribution < -0.4 is 20.1 Å². The number of benzene rings is 3. The first-order valence-electron chi connectivity index (χ1n) is 14.6. The normalized spacial score (nSPS) is 10.8. The van der Waals surface area contributed by atoms with Gasteiger partial charge in [-0.3, -0.25) is 9.59 Å². The molecule has 2 amide bonds. The van der Waals surface area contributed by atoms with Crippen molar-refractivity contribution in [3.63, 3.8) is 0 Å². The number of hydrogen-bond acceptors (Lipinski definition) is 8. The van der Waals surface area contributed by atoms with E-state index in [0.717, 1.165) is 36.4 Å². The van der Waals surface area contributed by atoms with Crippen molar-refractivity contribution >= 4 is 29.1 Å². The number of carbonyl (C=O) groups is 2. The van der Waals surface area contributed by atoms with Crippen LogP contribution in [0.2, 0.25) is 0 Å². The number of carbonyl (C=O) groups excluding carboxylic acids is 2. The number of hydrogen-bond donors (Lipinski definition) is 2. The summed E-state index contributed by atoms with van der Waals surface area (Å²) in [6, 6.07) is 20.0. The van der Waals surface area contributed by atoms with Gasteiger partial charge in [-0.05, 0) is 74.5 Å². The van der Waals surface area contributed by atoms with E-state index in [1.807, 2.05) is 45.2 Å².